The van der Waals surface area contributed by atoms with Gasteiger partial charge in [-0.15, -0.1) is 0 Å². The Balaban J connectivity index is 1.38. The Morgan fingerprint density at radius 3 is 2.66 bits per heavy atom. The number of nitrogens with one attached hydrogen (secondary N) is 3. The third kappa shape index (κ3) is 5.28. The number of fused-ring (bicyclic) bond motifs is 3. The first-order valence-electron chi connectivity index (χ1n) is 12.9. The number of aryl methyl sites for hydroxylation is 3. The van der Waals surface area contributed by atoms with Gasteiger partial charge < -0.3 is 20.2 Å². The van der Waals surface area contributed by atoms with Gasteiger partial charge in [-0.25, -0.2) is 14.8 Å². The molecule has 0 unspecified atom stereocenters. The molecule has 38 heavy (non-hydrogen) atoms. The smallest absolute Gasteiger partial charge is 0.334 e. The fourth-order valence-electron chi connectivity index (χ4n) is 5.21. The van der Waals surface area contributed by atoms with Crippen LogP contribution < -0.4 is 16.2 Å². The largest absolute Gasteiger partial charge is 0.340 e. The highest BCUT2D eigenvalue weighted by Gasteiger charge is 2.18. The Kier molecular flexibility index (Phi) is 7.72. The minimum absolute atomic E-state index is 0.191. The van der Waals surface area contributed by atoms with E-state index < -0.39 is 0 Å². The van der Waals surface area contributed by atoms with Crippen molar-refractivity contribution in [1.29, 1.82) is 0 Å². The van der Waals surface area contributed by atoms with E-state index in [0.717, 1.165) is 42.3 Å². The van der Waals surface area contributed by atoms with Gasteiger partial charge in [0.25, 0.3) is 5.56 Å². The number of anilines is 2. The second-order valence-corrected chi connectivity index (χ2v) is 10.6. The third-order valence-corrected chi connectivity index (χ3v) is 7.88. The monoisotopic (exact) mass is 552 g/mol. The van der Waals surface area contributed by atoms with Crippen molar-refractivity contribution in [1.82, 2.24) is 19.9 Å². The van der Waals surface area contributed by atoms with Crippen LogP contribution in [0.25, 0.3) is 21.8 Å². The summed E-state index contributed by atoms with van der Waals surface area (Å²) in [7, 11) is 1.85. The summed E-state index contributed by atoms with van der Waals surface area (Å²) in [5, 5.41) is 8.56. The number of H-pyrrole nitrogens is 1. The summed E-state index contributed by atoms with van der Waals surface area (Å²) in [4.78, 5) is 37.2. The van der Waals surface area contributed by atoms with Gasteiger partial charge >= 0.3 is 6.03 Å². The van der Waals surface area contributed by atoms with Crippen LogP contribution in [0.2, 0.25) is 10.0 Å². The number of aromatic amines is 1. The number of carbonyl (C=O) groups is 1. The molecule has 8 nitrogen and oxygen atoms in total. The number of rotatable bonds is 6. The Labute approximate surface area is 230 Å². The number of amides is 2. The van der Waals surface area contributed by atoms with Crippen LogP contribution in [0.4, 0.5) is 16.4 Å². The highest BCUT2D eigenvalue weighted by Crippen LogP contribution is 2.34. The molecule has 2 aromatic carbocycles. The molecule has 1 fully saturated rings. The molecule has 0 radical (unpaired) electrons. The van der Waals surface area contributed by atoms with Crippen molar-refractivity contribution >= 4 is 68.9 Å². The molecule has 0 bridgehead atoms. The normalized spacial score (nSPS) is 14.5. The summed E-state index contributed by atoms with van der Waals surface area (Å²) in [6.07, 6.45) is 8.33. The predicted octanol–water partition coefficient (Wildman–Crippen LogP) is 6.82. The van der Waals surface area contributed by atoms with Crippen molar-refractivity contribution < 1.29 is 4.79 Å². The van der Waals surface area contributed by atoms with Crippen LogP contribution in [-0.2, 0) is 13.5 Å². The first kappa shape index (κ1) is 26.3. The molecule has 2 amide bonds. The first-order chi connectivity index (χ1) is 18.3. The number of hydrogen-bond donors (Lipinski definition) is 3. The molecule has 2 aromatic heterocycles. The summed E-state index contributed by atoms with van der Waals surface area (Å²) in [5.74, 6) is 0.520. The lowest BCUT2D eigenvalue weighted by Gasteiger charge is -2.21. The van der Waals surface area contributed by atoms with Gasteiger partial charge in [-0.1, -0.05) is 54.6 Å². The number of para-hydroxylation sites is 1. The zero-order chi connectivity index (χ0) is 26.8. The molecule has 1 saturated carbocycles. The van der Waals surface area contributed by atoms with Gasteiger partial charge in [-0.05, 0) is 61.8 Å². The van der Waals surface area contributed by atoms with E-state index >= 15 is 0 Å². The van der Waals surface area contributed by atoms with E-state index in [2.05, 4.69) is 25.6 Å². The van der Waals surface area contributed by atoms with Crippen LogP contribution in [0, 0.1) is 6.92 Å². The molecule has 0 aliphatic heterocycles. The number of aliphatic imine (C=N–C) groups is 1. The second-order valence-electron chi connectivity index (χ2n) is 9.76. The maximum Gasteiger partial charge on any atom is 0.340 e. The summed E-state index contributed by atoms with van der Waals surface area (Å²) in [6.45, 7) is 1.99. The lowest BCUT2D eigenvalue weighted by molar-refractivity contribution is 0.241. The summed E-state index contributed by atoms with van der Waals surface area (Å²) < 4.78 is 1.84. The Morgan fingerprint density at radius 2 is 1.92 bits per heavy atom. The molecule has 0 atom stereocenters. The van der Waals surface area contributed by atoms with Crippen molar-refractivity contribution in [3.63, 3.8) is 0 Å². The summed E-state index contributed by atoms with van der Waals surface area (Å²) in [5.41, 5.74) is 3.56. The van der Waals surface area contributed by atoms with E-state index in [-0.39, 0.29) is 17.6 Å². The van der Waals surface area contributed by atoms with E-state index in [9.17, 15) is 9.59 Å². The number of nitrogens with zero attached hydrogens (tertiary/aromatic N) is 3. The molecule has 2 heterocycles. The topological polar surface area (TPSA) is 104 Å². The second kappa shape index (κ2) is 11.2. The van der Waals surface area contributed by atoms with Gasteiger partial charge in [-0.3, -0.25) is 4.79 Å². The van der Waals surface area contributed by atoms with Crippen molar-refractivity contribution in [2.75, 3.05) is 5.32 Å². The number of aromatic nitrogens is 3. The van der Waals surface area contributed by atoms with Crippen LogP contribution >= 0.6 is 23.2 Å². The van der Waals surface area contributed by atoms with Gasteiger partial charge in [0.2, 0.25) is 5.95 Å². The highest BCUT2D eigenvalue weighted by molar-refractivity contribution is 6.39. The van der Waals surface area contributed by atoms with Crippen LogP contribution in [0.3, 0.4) is 0 Å². The maximum absolute atomic E-state index is 13.3. The SMILES string of the molecule is Cc1c(CCC=NC(=O)NC2CCCCC2)[nH]c(=O)c2c1ccc1nc(Nc3c(Cl)cccc3Cl)n(C)c12. The molecular weight excluding hydrogens is 523 g/mol. The van der Waals surface area contributed by atoms with Gasteiger partial charge in [0.05, 0.1) is 32.2 Å². The molecule has 4 aromatic rings. The number of hydrogen-bond acceptors (Lipinski definition) is 4. The average molecular weight is 553 g/mol. The van der Waals surface area contributed by atoms with Gasteiger partial charge in [-0.2, -0.15) is 0 Å². The van der Waals surface area contributed by atoms with Crippen molar-refractivity contribution in [2.45, 2.75) is 57.9 Å². The molecule has 0 spiro atoms. The maximum atomic E-state index is 13.3. The van der Waals surface area contributed by atoms with Crippen molar-refractivity contribution in [3.05, 3.63) is 62.0 Å². The van der Waals surface area contributed by atoms with Crippen molar-refractivity contribution in [2.24, 2.45) is 12.0 Å². The number of carbonyl (C=O) groups excluding carboxylic acids is 1. The molecule has 5 rings (SSSR count). The van der Waals surface area contributed by atoms with E-state index in [1.165, 1.54) is 6.42 Å². The van der Waals surface area contributed by atoms with Gasteiger partial charge in [0, 0.05) is 25.0 Å². The zero-order valence-corrected chi connectivity index (χ0v) is 22.9. The predicted molar refractivity (Wildman–Crippen MR) is 156 cm³/mol. The van der Waals surface area contributed by atoms with E-state index in [1.54, 1.807) is 24.4 Å². The number of imidazole rings is 1. The molecule has 3 N–H and O–H groups in total. The number of benzene rings is 2. The Bertz CT molecular complexity index is 1580. The van der Waals surface area contributed by atoms with Crippen LogP contribution in [0.1, 0.15) is 49.8 Å². The first-order valence-corrected chi connectivity index (χ1v) is 13.6. The van der Waals surface area contributed by atoms with Gasteiger partial charge in [0.15, 0.2) is 0 Å². The minimum Gasteiger partial charge on any atom is -0.334 e. The highest BCUT2D eigenvalue weighted by atomic mass is 35.5. The van der Waals surface area contributed by atoms with Crippen LogP contribution in [-0.4, -0.2) is 32.8 Å². The van der Waals surface area contributed by atoms with Crippen LogP contribution in [0.15, 0.2) is 40.1 Å². The fraction of sp³-hybridized carbons (Fsp3) is 0.357. The van der Waals surface area contributed by atoms with Crippen LogP contribution in [0.5, 0.6) is 0 Å². The van der Waals surface area contributed by atoms with Gasteiger partial charge in [0.1, 0.15) is 0 Å². The number of pyridine rings is 1. The lowest BCUT2D eigenvalue weighted by atomic mass is 9.96. The Hall–Kier alpha value is -3.36. The fourth-order valence-corrected chi connectivity index (χ4v) is 5.70. The quantitative estimate of drug-likeness (QED) is 0.228. The standard InChI is InChI=1S/C28H30Cl2N6O2/c1-16-18-13-14-22-25(36(2)27(34-22)35-24-19(29)10-6-11-20(24)30)23(18)26(37)33-21(16)12-7-15-31-28(38)32-17-8-4-3-5-9-17/h6,10-11,13-15,17H,3-5,7-9,12H2,1-2H3,(H,32,38)(H,33,37)(H,34,35). The average Bonchev–Trinajstić information content (AvgIpc) is 3.22. The summed E-state index contributed by atoms with van der Waals surface area (Å²) >= 11 is 12.7. The molecule has 0 saturated heterocycles. The number of halogens is 2. The summed E-state index contributed by atoms with van der Waals surface area (Å²) in [6, 6.07) is 9.04. The molecule has 198 valence electrons. The zero-order valence-electron chi connectivity index (χ0n) is 21.4. The number of urea groups is 1. The van der Waals surface area contributed by atoms with E-state index in [0.29, 0.717) is 50.9 Å². The third-order valence-electron chi connectivity index (χ3n) is 7.25. The molecule has 1 aliphatic carbocycles. The molecule has 10 heteroatoms. The molecular formula is C28H30Cl2N6O2. The van der Waals surface area contributed by atoms with Crippen molar-refractivity contribution in [3.8, 4) is 0 Å². The Morgan fingerprint density at radius 1 is 1.18 bits per heavy atom. The lowest BCUT2D eigenvalue weighted by Crippen LogP contribution is -2.34. The minimum atomic E-state index is -0.290. The van der Waals surface area contributed by atoms with E-state index in [1.807, 2.05) is 30.7 Å². The molecule has 1 aliphatic rings. The van der Waals surface area contributed by atoms with E-state index in [4.69, 9.17) is 23.2 Å².